The summed E-state index contributed by atoms with van der Waals surface area (Å²) in [5, 5.41) is 5.69. The fourth-order valence-corrected chi connectivity index (χ4v) is 3.71. The highest BCUT2D eigenvalue weighted by Crippen LogP contribution is 2.21. The predicted molar refractivity (Wildman–Crippen MR) is 126 cm³/mol. The van der Waals surface area contributed by atoms with E-state index in [1.807, 2.05) is 29.2 Å². The Kier molecular flexibility index (Phi) is 8.29. The Hall–Kier alpha value is -2.95. The monoisotopic (exact) mass is 456 g/mol. The molecule has 2 amide bonds. The predicted octanol–water partition coefficient (Wildman–Crippen LogP) is 2.23. The van der Waals surface area contributed by atoms with Crippen molar-refractivity contribution in [3.8, 4) is 5.88 Å². The number of amides is 2. The molecule has 0 unspecified atom stereocenters. The lowest BCUT2D eigenvalue weighted by Gasteiger charge is -2.28. The highest BCUT2D eigenvalue weighted by molar-refractivity contribution is 5.99. The highest BCUT2D eigenvalue weighted by atomic mass is 16.5. The van der Waals surface area contributed by atoms with Crippen molar-refractivity contribution in [2.24, 2.45) is 0 Å². The number of carbonyl (C=O) groups is 1. The first-order valence-electron chi connectivity index (χ1n) is 11.5. The Bertz CT molecular complexity index is 916. The van der Waals surface area contributed by atoms with Crippen LogP contribution in [0.15, 0.2) is 30.3 Å². The number of aryl methyl sites for hydroxylation is 1. The summed E-state index contributed by atoms with van der Waals surface area (Å²) in [6.45, 7) is 9.26. The highest BCUT2D eigenvalue weighted by Gasteiger charge is 2.18. The van der Waals surface area contributed by atoms with Crippen molar-refractivity contribution in [1.82, 2.24) is 14.9 Å². The second kappa shape index (κ2) is 11.8. The summed E-state index contributed by atoms with van der Waals surface area (Å²) in [5.74, 6) is 1.34. The minimum atomic E-state index is -0.367. The van der Waals surface area contributed by atoms with Crippen molar-refractivity contribution < 1.29 is 19.0 Å². The van der Waals surface area contributed by atoms with Crippen LogP contribution in [0.2, 0.25) is 0 Å². The van der Waals surface area contributed by atoms with E-state index in [0.717, 1.165) is 50.5 Å². The molecule has 2 aromatic rings. The number of nitrogens with one attached hydrogen (secondary N) is 2. The van der Waals surface area contributed by atoms with Gasteiger partial charge >= 0.3 is 6.03 Å². The second-order valence-corrected chi connectivity index (χ2v) is 7.93. The van der Waals surface area contributed by atoms with Gasteiger partial charge in [-0.25, -0.2) is 4.79 Å². The molecule has 1 aromatic carbocycles. The molecule has 10 nitrogen and oxygen atoms in total. The first kappa shape index (κ1) is 23.2. The van der Waals surface area contributed by atoms with Crippen LogP contribution in [0.4, 0.5) is 22.2 Å². The summed E-state index contributed by atoms with van der Waals surface area (Å²) in [7, 11) is 0. The van der Waals surface area contributed by atoms with Crippen molar-refractivity contribution in [2.75, 3.05) is 81.3 Å². The normalized spacial score (nSPS) is 16.9. The number of hydrogen-bond donors (Lipinski definition) is 2. The van der Waals surface area contributed by atoms with Crippen LogP contribution in [0, 0.1) is 0 Å². The van der Waals surface area contributed by atoms with Crippen LogP contribution in [-0.2, 0) is 15.9 Å². The van der Waals surface area contributed by atoms with Gasteiger partial charge in [0.15, 0.2) is 0 Å². The Morgan fingerprint density at radius 1 is 1.03 bits per heavy atom. The smallest absolute Gasteiger partial charge is 0.324 e. The molecule has 2 fully saturated rings. The Morgan fingerprint density at radius 3 is 2.55 bits per heavy atom. The molecule has 178 valence electrons. The summed E-state index contributed by atoms with van der Waals surface area (Å²) >= 11 is 0. The summed E-state index contributed by atoms with van der Waals surface area (Å²) in [4.78, 5) is 26.1. The molecule has 0 bridgehead atoms. The van der Waals surface area contributed by atoms with Gasteiger partial charge in [-0.1, -0.05) is 19.1 Å². The van der Waals surface area contributed by atoms with Gasteiger partial charge in [0.05, 0.1) is 26.4 Å². The molecule has 1 aromatic heterocycles. The van der Waals surface area contributed by atoms with Gasteiger partial charge in [-0.2, -0.15) is 9.97 Å². The largest absolute Gasteiger partial charge is 0.476 e. The number of benzene rings is 1. The van der Waals surface area contributed by atoms with E-state index in [4.69, 9.17) is 14.2 Å². The zero-order chi connectivity index (χ0) is 22.9. The van der Waals surface area contributed by atoms with E-state index < -0.39 is 0 Å². The van der Waals surface area contributed by atoms with Gasteiger partial charge in [-0.15, -0.1) is 0 Å². The lowest BCUT2D eigenvalue weighted by atomic mass is 10.1. The number of carbonyl (C=O) groups excluding carboxylic acids is 1. The average molecular weight is 457 g/mol. The number of ether oxygens (including phenoxy) is 3. The molecule has 2 aliphatic rings. The average Bonchev–Trinajstić information content (AvgIpc) is 2.85. The SMILES string of the molecule is CCc1cccc(NC(=O)Nc2cc(OCCN3CCOCC3)nc(N3CCOCC3)n2)c1. The quantitative estimate of drug-likeness (QED) is 0.624. The Labute approximate surface area is 194 Å². The molecule has 0 saturated carbocycles. The Balaban J connectivity index is 1.42. The molecule has 33 heavy (non-hydrogen) atoms. The van der Waals surface area contributed by atoms with E-state index in [1.165, 1.54) is 0 Å². The zero-order valence-electron chi connectivity index (χ0n) is 19.1. The minimum absolute atomic E-state index is 0.367. The van der Waals surface area contributed by atoms with E-state index in [1.54, 1.807) is 6.07 Å². The van der Waals surface area contributed by atoms with Gasteiger partial charge in [0.1, 0.15) is 12.4 Å². The van der Waals surface area contributed by atoms with Gasteiger partial charge in [-0.05, 0) is 24.1 Å². The van der Waals surface area contributed by atoms with E-state index >= 15 is 0 Å². The summed E-state index contributed by atoms with van der Waals surface area (Å²) in [6, 6.07) is 9.06. The molecule has 4 rings (SSSR count). The van der Waals surface area contributed by atoms with Crippen LogP contribution >= 0.6 is 0 Å². The molecule has 0 spiro atoms. The number of hydrogen-bond acceptors (Lipinski definition) is 8. The summed E-state index contributed by atoms with van der Waals surface area (Å²) in [5.41, 5.74) is 1.89. The van der Waals surface area contributed by atoms with Crippen LogP contribution in [0.1, 0.15) is 12.5 Å². The first-order chi connectivity index (χ1) is 16.2. The molecule has 2 N–H and O–H groups in total. The molecule has 2 saturated heterocycles. The van der Waals surface area contributed by atoms with Crippen molar-refractivity contribution in [3.05, 3.63) is 35.9 Å². The fourth-order valence-electron chi connectivity index (χ4n) is 3.71. The van der Waals surface area contributed by atoms with Crippen LogP contribution < -0.4 is 20.3 Å². The maximum absolute atomic E-state index is 12.6. The molecule has 3 heterocycles. The van der Waals surface area contributed by atoms with Crippen molar-refractivity contribution in [1.29, 1.82) is 0 Å². The number of anilines is 3. The molecule has 0 aliphatic carbocycles. The van der Waals surface area contributed by atoms with Gasteiger partial charge in [0, 0.05) is 44.5 Å². The van der Waals surface area contributed by atoms with E-state index in [9.17, 15) is 4.79 Å². The third kappa shape index (κ3) is 7.01. The van der Waals surface area contributed by atoms with Gasteiger partial charge in [0.2, 0.25) is 11.8 Å². The van der Waals surface area contributed by atoms with E-state index in [2.05, 4.69) is 32.4 Å². The Morgan fingerprint density at radius 2 is 1.79 bits per heavy atom. The fraction of sp³-hybridized carbons (Fsp3) is 0.522. The lowest BCUT2D eigenvalue weighted by molar-refractivity contribution is 0.0320. The van der Waals surface area contributed by atoms with Crippen molar-refractivity contribution in [3.63, 3.8) is 0 Å². The second-order valence-electron chi connectivity index (χ2n) is 7.93. The summed E-state index contributed by atoms with van der Waals surface area (Å²) in [6.07, 6.45) is 0.900. The van der Waals surface area contributed by atoms with E-state index in [0.29, 0.717) is 50.6 Å². The minimum Gasteiger partial charge on any atom is -0.476 e. The number of urea groups is 1. The zero-order valence-corrected chi connectivity index (χ0v) is 19.1. The number of morpholine rings is 2. The van der Waals surface area contributed by atoms with Crippen molar-refractivity contribution in [2.45, 2.75) is 13.3 Å². The van der Waals surface area contributed by atoms with Crippen LogP contribution in [-0.4, -0.2) is 86.7 Å². The topological polar surface area (TPSA) is 101 Å². The molecule has 0 radical (unpaired) electrons. The number of aromatic nitrogens is 2. The molecule has 0 atom stereocenters. The van der Waals surface area contributed by atoms with Gasteiger partial charge in [-0.3, -0.25) is 10.2 Å². The molecule has 10 heteroatoms. The van der Waals surface area contributed by atoms with E-state index in [-0.39, 0.29) is 6.03 Å². The van der Waals surface area contributed by atoms with Crippen molar-refractivity contribution >= 4 is 23.5 Å². The van der Waals surface area contributed by atoms with Gasteiger partial charge in [0.25, 0.3) is 0 Å². The standard InChI is InChI=1S/C23H32N6O4/c1-2-18-4-3-5-19(16-18)24-23(30)26-20-17-21(33-15-8-28-6-11-31-12-7-28)27-22(25-20)29-9-13-32-14-10-29/h3-5,16-17H,2,6-15H2,1H3,(H2,24,25,26,27,30). The maximum Gasteiger partial charge on any atom is 0.324 e. The third-order valence-electron chi connectivity index (χ3n) is 5.58. The van der Waals surface area contributed by atoms with Crippen LogP contribution in [0.5, 0.6) is 5.88 Å². The number of nitrogens with zero attached hydrogens (tertiary/aromatic N) is 4. The molecular weight excluding hydrogens is 424 g/mol. The molecular formula is C23H32N6O4. The first-order valence-corrected chi connectivity index (χ1v) is 11.5. The molecule has 2 aliphatic heterocycles. The lowest BCUT2D eigenvalue weighted by Crippen LogP contribution is -2.39. The van der Waals surface area contributed by atoms with Gasteiger partial charge < -0.3 is 24.4 Å². The van der Waals surface area contributed by atoms with Crippen LogP contribution in [0.25, 0.3) is 0 Å². The summed E-state index contributed by atoms with van der Waals surface area (Å²) < 4.78 is 16.8. The maximum atomic E-state index is 12.6. The third-order valence-corrected chi connectivity index (χ3v) is 5.58. The van der Waals surface area contributed by atoms with Crippen LogP contribution in [0.3, 0.4) is 0 Å². The number of rotatable bonds is 8.